The smallest absolute Gasteiger partial charge is 0.265 e. The molecule has 0 unspecified atom stereocenters. The number of aromatic nitrogens is 2. The highest BCUT2D eigenvalue weighted by molar-refractivity contribution is 7.18. The Balaban J connectivity index is 1.36. The number of ether oxygens (including phenoxy) is 1. The number of benzene rings is 2. The maximum absolute atomic E-state index is 13.4. The molecule has 5 rings (SSSR count). The van der Waals surface area contributed by atoms with Gasteiger partial charge in [0.05, 0.1) is 28.0 Å². The topological polar surface area (TPSA) is 55.3 Å². The lowest BCUT2D eigenvalue weighted by Gasteiger charge is -2.31. The van der Waals surface area contributed by atoms with Crippen molar-refractivity contribution < 1.29 is 9.53 Å². The molecule has 1 atom stereocenters. The summed E-state index contributed by atoms with van der Waals surface area (Å²) in [5.74, 6) is 1.19. The first-order valence-corrected chi connectivity index (χ1v) is 12.0. The molecule has 1 aliphatic rings. The van der Waals surface area contributed by atoms with Crippen LogP contribution in [0.2, 0.25) is 0 Å². The zero-order valence-electron chi connectivity index (χ0n) is 17.5. The van der Waals surface area contributed by atoms with Crippen LogP contribution >= 0.6 is 22.7 Å². The molecule has 31 heavy (non-hydrogen) atoms. The zero-order valence-corrected chi connectivity index (χ0v) is 19.1. The fourth-order valence-electron chi connectivity index (χ4n) is 4.02. The number of hydrogen-bond acceptors (Lipinski definition) is 6. The lowest BCUT2D eigenvalue weighted by Crippen LogP contribution is -2.39. The van der Waals surface area contributed by atoms with Gasteiger partial charge in [0.15, 0.2) is 0 Å². The van der Waals surface area contributed by atoms with Crippen molar-refractivity contribution in [2.24, 2.45) is 0 Å². The van der Waals surface area contributed by atoms with Gasteiger partial charge in [-0.25, -0.2) is 9.97 Å². The van der Waals surface area contributed by atoms with Crippen molar-refractivity contribution in [3.63, 3.8) is 0 Å². The molecule has 0 aliphatic carbocycles. The van der Waals surface area contributed by atoms with E-state index in [0.717, 1.165) is 56.8 Å². The van der Waals surface area contributed by atoms with Gasteiger partial charge in [0, 0.05) is 24.6 Å². The number of nitrogens with zero attached hydrogens (tertiary/aromatic N) is 3. The van der Waals surface area contributed by atoms with Crippen LogP contribution in [0.15, 0.2) is 48.5 Å². The number of aryl methyl sites for hydroxylation is 1. The molecule has 0 saturated carbocycles. The van der Waals surface area contributed by atoms with Gasteiger partial charge < -0.3 is 9.64 Å². The minimum Gasteiger partial charge on any atom is -0.497 e. The number of thiazole rings is 2. The second-order valence-electron chi connectivity index (χ2n) is 7.77. The Morgan fingerprint density at radius 2 is 1.90 bits per heavy atom. The molecule has 4 aromatic rings. The van der Waals surface area contributed by atoms with Gasteiger partial charge in [-0.2, -0.15) is 0 Å². The minimum absolute atomic E-state index is 0.0839. The maximum atomic E-state index is 13.4. The Hall–Kier alpha value is -2.77. The summed E-state index contributed by atoms with van der Waals surface area (Å²) >= 11 is 3.22. The zero-order chi connectivity index (χ0) is 21.4. The monoisotopic (exact) mass is 449 g/mol. The van der Waals surface area contributed by atoms with Crippen LogP contribution < -0.4 is 4.74 Å². The van der Waals surface area contributed by atoms with Gasteiger partial charge in [-0.15, -0.1) is 22.7 Å². The number of fused-ring (bicyclic) bond motifs is 1. The fraction of sp³-hybridized carbons (Fsp3) is 0.292. The number of likely N-dealkylation sites (tertiary alicyclic amines) is 1. The Morgan fingerprint density at radius 3 is 2.68 bits per heavy atom. The van der Waals surface area contributed by atoms with Gasteiger partial charge in [0.25, 0.3) is 5.91 Å². The SMILES string of the molecule is COc1ccc(-c2nc(C)c(C(=O)N3CCC[C@@H](c4nc5ccccc5s4)C3)s2)cc1. The highest BCUT2D eigenvalue weighted by Crippen LogP contribution is 2.35. The second-order valence-corrected chi connectivity index (χ2v) is 9.83. The number of carbonyl (C=O) groups excluding carboxylic acids is 1. The molecule has 1 fully saturated rings. The summed E-state index contributed by atoms with van der Waals surface area (Å²) in [4.78, 5) is 25.6. The van der Waals surface area contributed by atoms with Gasteiger partial charge in [-0.3, -0.25) is 4.79 Å². The number of methoxy groups -OCH3 is 1. The van der Waals surface area contributed by atoms with Crippen molar-refractivity contribution in [2.45, 2.75) is 25.7 Å². The van der Waals surface area contributed by atoms with Gasteiger partial charge in [0.1, 0.15) is 15.6 Å². The quantitative estimate of drug-likeness (QED) is 0.398. The fourth-order valence-corrected chi connectivity index (χ4v) is 6.16. The summed E-state index contributed by atoms with van der Waals surface area (Å²) in [6.07, 6.45) is 2.07. The van der Waals surface area contributed by atoms with Crippen molar-refractivity contribution in [1.29, 1.82) is 0 Å². The lowest BCUT2D eigenvalue weighted by atomic mass is 9.98. The van der Waals surface area contributed by atoms with Crippen LogP contribution in [0.5, 0.6) is 5.75 Å². The molecule has 1 aliphatic heterocycles. The van der Waals surface area contributed by atoms with E-state index in [1.54, 1.807) is 18.4 Å². The standard InChI is InChI=1S/C24H23N3O2S2/c1-15-21(31-22(25-15)16-9-11-18(29-2)12-10-16)24(28)27-13-5-6-17(14-27)23-26-19-7-3-4-8-20(19)30-23/h3-4,7-12,17H,5-6,13-14H2,1-2H3/t17-/m1/s1. The molecule has 0 spiro atoms. The summed E-state index contributed by atoms with van der Waals surface area (Å²) in [5.41, 5.74) is 2.84. The minimum atomic E-state index is 0.0839. The van der Waals surface area contributed by atoms with Gasteiger partial charge in [0.2, 0.25) is 0 Å². The first kappa shape index (κ1) is 20.2. The molecule has 2 aromatic carbocycles. The summed E-state index contributed by atoms with van der Waals surface area (Å²) in [5, 5.41) is 2.00. The number of carbonyl (C=O) groups is 1. The molecule has 3 heterocycles. The summed E-state index contributed by atoms with van der Waals surface area (Å²) in [6.45, 7) is 3.43. The molecular formula is C24H23N3O2S2. The van der Waals surface area contributed by atoms with Crippen LogP contribution in [-0.2, 0) is 0 Å². The molecule has 0 bridgehead atoms. The molecule has 2 aromatic heterocycles. The Morgan fingerprint density at radius 1 is 1.10 bits per heavy atom. The van der Waals surface area contributed by atoms with Crippen LogP contribution in [0.4, 0.5) is 0 Å². The van der Waals surface area contributed by atoms with Crippen molar-refractivity contribution in [1.82, 2.24) is 14.9 Å². The van der Waals surface area contributed by atoms with E-state index in [1.807, 2.05) is 48.2 Å². The largest absolute Gasteiger partial charge is 0.497 e. The van der Waals surface area contributed by atoms with Crippen LogP contribution in [0, 0.1) is 6.92 Å². The molecule has 0 radical (unpaired) electrons. The molecule has 7 heteroatoms. The van der Waals surface area contributed by atoms with E-state index in [0.29, 0.717) is 12.5 Å². The van der Waals surface area contributed by atoms with Crippen LogP contribution in [0.25, 0.3) is 20.8 Å². The highest BCUT2D eigenvalue weighted by Gasteiger charge is 2.29. The normalized spacial score (nSPS) is 16.6. The number of hydrogen-bond donors (Lipinski definition) is 0. The summed E-state index contributed by atoms with van der Waals surface area (Å²) in [7, 11) is 1.65. The molecular weight excluding hydrogens is 426 g/mol. The predicted molar refractivity (Wildman–Crippen MR) is 126 cm³/mol. The summed E-state index contributed by atoms with van der Waals surface area (Å²) < 4.78 is 6.45. The Labute approximate surface area is 189 Å². The van der Waals surface area contributed by atoms with E-state index in [1.165, 1.54) is 16.0 Å². The second kappa shape index (κ2) is 8.40. The summed E-state index contributed by atoms with van der Waals surface area (Å²) in [6, 6.07) is 16.0. The lowest BCUT2D eigenvalue weighted by molar-refractivity contribution is 0.0711. The van der Waals surface area contributed by atoms with Crippen molar-refractivity contribution >= 4 is 38.8 Å². The number of para-hydroxylation sites is 1. The maximum Gasteiger partial charge on any atom is 0.265 e. The number of rotatable bonds is 4. The van der Waals surface area contributed by atoms with E-state index in [2.05, 4.69) is 17.1 Å². The van der Waals surface area contributed by atoms with Crippen molar-refractivity contribution in [3.05, 3.63) is 64.1 Å². The van der Waals surface area contributed by atoms with Crippen LogP contribution in [0.1, 0.15) is 39.1 Å². The van der Waals surface area contributed by atoms with E-state index >= 15 is 0 Å². The van der Waals surface area contributed by atoms with E-state index in [4.69, 9.17) is 9.72 Å². The van der Waals surface area contributed by atoms with Crippen molar-refractivity contribution in [3.8, 4) is 16.3 Å². The molecule has 1 amide bonds. The molecule has 1 saturated heterocycles. The molecule has 5 nitrogen and oxygen atoms in total. The van der Waals surface area contributed by atoms with Crippen LogP contribution in [-0.4, -0.2) is 41.0 Å². The molecule has 0 N–H and O–H groups in total. The van der Waals surface area contributed by atoms with Gasteiger partial charge >= 0.3 is 0 Å². The Kier molecular flexibility index (Phi) is 5.46. The first-order valence-electron chi connectivity index (χ1n) is 10.4. The van der Waals surface area contributed by atoms with E-state index in [9.17, 15) is 4.79 Å². The third-order valence-corrected chi connectivity index (χ3v) is 8.09. The number of amides is 1. The average Bonchev–Trinajstić information content (AvgIpc) is 3.42. The Bertz CT molecular complexity index is 1200. The first-order chi connectivity index (χ1) is 15.1. The number of piperidine rings is 1. The highest BCUT2D eigenvalue weighted by atomic mass is 32.1. The van der Waals surface area contributed by atoms with Crippen LogP contribution in [0.3, 0.4) is 0 Å². The third kappa shape index (κ3) is 3.95. The van der Waals surface area contributed by atoms with Gasteiger partial charge in [-0.05, 0) is 56.2 Å². The predicted octanol–water partition coefficient (Wildman–Crippen LogP) is 5.76. The van der Waals surface area contributed by atoms with E-state index < -0.39 is 0 Å². The third-order valence-electron chi connectivity index (χ3n) is 5.70. The van der Waals surface area contributed by atoms with E-state index in [-0.39, 0.29) is 5.91 Å². The van der Waals surface area contributed by atoms with Crippen molar-refractivity contribution in [2.75, 3.05) is 20.2 Å². The van der Waals surface area contributed by atoms with Gasteiger partial charge in [-0.1, -0.05) is 12.1 Å². The molecule has 158 valence electrons. The average molecular weight is 450 g/mol.